The maximum Gasteiger partial charge on any atom is 0.136 e. The van der Waals surface area contributed by atoms with Crippen LogP contribution in [-0.2, 0) is 0 Å². The molecule has 2 heterocycles. The molecule has 0 saturated carbocycles. The van der Waals surface area contributed by atoms with E-state index in [-0.39, 0.29) is 0 Å². The maximum absolute atomic E-state index is 5.53. The molecule has 0 fully saturated rings. The lowest BCUT2D eigenvalue weighted by Gasteiger charge is -2.17. The first kappa shape index (κ1) is 13.3. The molecule has 2 aromatic rings. The standard InChI is InChI=1S/C11H14BrN5S/c1-17(3-2-13)10-5-9(14-7-15-10)16-11-4-8(12)6-18-11/h4-7H,2-3,13H2,1H3,(H,14,15,16). The van der Waals surface area contributed by atoms with Crippen LogP contribution in [0.15, 0.2) is 28.3 Å². The number of aromatic nitrogens is 2. The van der Waals surface area contributed by atoms with Gasteiger partial charge in [-0.3, -0.25) is 0 Å². The fraction of sp³-hybridized carbons (Fsp3) is 0.273. The molecular weight excluding hydrogens is 314 g/mol. The molecule has 0 amide bonds. The molecule has 96 valence electrons. The number of rotatable bonds is 5. The Bertz CT molecular complexity index is 516. The quantitative estimate of drug-likeness (QED) is 0.882. The van der Waals surface area contributed by atoms with Gasteiger partial charge in [0.15, 0.2) is 0 Å². The molecule has 18 heavy (non-hydrogen) atoms. The second-order valence-electron chi connectivity index (χ2n) is 3.73. The van der Waals surface area contributed by atoms with Gasteiger partial charge in [0.1, 0.15) is 18.0 Å². The normalized spacial score (nSPS) is 10.4. The summed E-state index contributed by atoms with van der Waals surface area (Å²) in [5.74, 6) is 1.63. The highest BCUT2D eigenvalue weighted by molar-refractivity contribution is 9.10. The Morgan fingerprint density at radius 1 is 1.44 bits per heavy atom. The van der Waals surface area contributed by atoms with Gasteiger partial charge in [-0.15, -0.1) is 11.3 Å². The maximum atomic E-state index is 5.53. The third-order valence-corrected chi connectivity index (χ3v) is 3.93. The number of likely N-dealkylation sites (N-methyl/N-ethyl adjacent to an activating group) is 1. The van der Waals surface area contributed by atoms with E-state index in [4.69, 9.17) is 5.73 Å². The summed E-state index contributed by atoms with van der Waals surface area (Å²) in [6.07, 6.45) is 1.55. The summed E-state index contributed by atoms with van der Waals surface area (Å²) >= 11 is 5.04. The monoisotopic (exact) mass is 327 g/mol. The van der Waals surface area contributed by atoms with Crippen molar-refractivity contribution >= 4 is 43.9 Å². The van der Waals surface area contributed by atoms with Crippen molar-refractivity contribution < 1.29 is 0 Å². The van der Waals surface area contributed by atoms with E-state index in [0.717, 1.165) is 27.7 Å². The van der Waals surface area contributed by atoms with Crippen molar-refractivity contribution in [2.24, 2.45) is 5.73 Å². The smallest absolute Gasteiger partial charge is 0.136 e. The first-order valence-electron chi connectivity index (χ1n) is 5.43. The van der Waals surface area contributed by atoms with Crippen molar-refractivity contribution in [1.29, 1.82) is 0 Å². The average molecular weight is 328 g/mol. The molecule has 0 aromatic carbocycles. The topological polar surface area (TPSA) is 67.1 Å². The lowest BCUT2D eigenvalue weighted by atomic mass is 10.4. The molecule has 0 aliphatic rings. The van der Waals surface area contributed by atoms with E-state index in [0.29, 0.717) is 6.54 Å². The zero-order valence-corrected chi connectivity index (χ0v) is 12.3. The van der Waals surface area contributed by atoms with E-state index in [1.54, 1.807) is 17.7 Å². The summed E-state index contributed by atoms with van der Waals surface area (Å²) < 4.78 is 1.06. The number of thiophene rings is 1. The van der Waals surface area contributed by atoms with E-state index in [1.807, 2.05) is 29.5 Å². The van der Waals surface area contributed by atoms with Crippen molar-refractivity contribution in [1.82, 2.24) is 9.97 Å². The van der Waals surface area contributed by atoms with Gasteiger partial charge in [-0.1, -0.05) is 0 Å². The Morgan fingerprint density at radius 2 is 2.28 bits per heavy atom. The fourth-order valence-electron chi connectivity index (χ4n) is 1.44. The largest absolute Gasteiger partial charge is 0.358 e. The van der Waals surface area contributed by atoms with E-state index < -0.39 is 0 Å². The van der Waals surface area contributed by atoms with Crippen LogP contribution in [0.2, 0.25) is 0 Å². The molecule has 2 aromatic heterocycles. The molecule has 0 unspecified atom stereocenters. The number of nitrogens with one attached hydrogen (secondary N) is 1. The molecule has 5 nitrogen and oxygen atoms in total. The van der Waals surface area contributed by atoms with Crippen LogP contribution < -0.4 is 16.0 Å². The van der Waals surface area contributed by atoms with E-state index in [1.165, 1.54) is 0 Å². The zero-order chi connectivity index (χ0) is 13.0. The van der Waals surface area contributed by atoms with Crippen LogP contribution in [0.5, 0.6) is 0 Å². The van der Waals surface area contributed by atoms with Gasteiger partial charge in [0.25, 0.3) is 0 Å². The Morgan fingerprint density at radius 3 is 2.94 bits per heavy atom. The zero-order valence-electron chi connectivity index (χ0n) is 9.93. The van der Waals surface area contributed by atoms with Crippen LogP contribution in [0.25, 0.3) is 0 Å². The molecule has 0 radical (unpaired) electrons. The second-order valence-corrected chi connectivity index (χ2v) is 5.55. The highest BCUT2D eigenvalue weighted by Gasteiger charge is 2.04. The van der Waals surface area contributed by atoms with Crippen LogP contribution in [0.3, 0.4) is 0 Å². The number of halogens is 1. The van der Waals surface area contributed by atoms with Gasteiger partial charge in [0.05, 0.1) is 5.00 Å². The molecule has 0 aliphatic carbocycles. The van der Waals surface area contributed by atoms with Crippen LogP contribution in [0.1, 0.15) is 0 Å². The molecule has 0 bridgehead atoms. The molecule has 0 saturated heterocycles. The highest BCUT2D eigenvalue weighted by Crippen LogP contribution is 2.27. The highest BCUT2D eigenvalue weighted by atomic mass is 79.9. The Labute approximate surface area is 118 Å². The number of nitrogens with zero attached hydrogens (tertiary/aromatic N) is 3. The third-order valence-electron chi connectivity index (χ3n) is 2.33. The number of hydrogen-bond acceptors (Lipinski definition) is 6. The summed E-state index contributed by atoms with van der Waals surface area (Å²) in [4.78, 5) is 10.4. The molecule has 3 N–H and O–H groups in total. The Hall–Kier alpha value is -1.18. The number of hydrogen-bond donors (Lipinski definition) is 2. The van der Waals surface area contributed by atoms with Crippen LogP contribution >= 0.6 is 27.3 Å². The first-order chi connectivity index (χ1) is 8.69. The van der Waals surface area contributed by atoms with Crippen molar-refractivity contribution in [3.8, 4) is 0 Å². The summed E-state index contributed by atoms with van der Waals surface area (Å²) in [6.45, 7) is 1.36. The summed E-state index contributed by atoms with van der Waals surface area (Å²) in [5.41, 5.74) is 5.53. The van der Waals surface area contributed by atoms with Crippen molar-refractivity contribution in [3.05, 3.63) is 28.3 Å². The molecule has 7 heteroatoms. The predicted octanol–water partition coefficient (Wildman–Crippen LogP) is 2.44. The van der Waals surface area contributed by atoms with Crippen LogP contribution in [-0.4, -0.2) is 30.1 Å². The number of nitrogens with two attached hydrogens (primary N) is 1. The predicted molar refractivity (Wildman–Crippen MR) is 79.7 cm³/mol. The summed E-state index contributed by atoms with van der Waals surface area (Å²) in [5, 5.41) is 6.30. The van der Waals surface area contributed by atoms with E-state index in [2.05, 4.69) is 31.2 Å². The lowest BCUT2D eigenvalue weighted by molar-refractivity contribution is 0.864. The van der Waals surface area contributed by atoms with Gasteiger partial charge in [-0.05, 0) is 22.0 Å². The Kier molecular flexibility index (Phi) is 4.51. The minimum Gasteiger partial charge on any atom is -0.358 e. The van der Waals surface area contributed by atoms with E-state index in [9.17, 15) is 0 Å². The SMILES string of the molecule is CN(CCN)c1cc(Nc2cc(Br)cs2)ncn1. The van der Waals surface area contributed by atoms with Gasteiger partial charge < -0.3 is 16.0 Å². The molecule has 2 rings (SSSR count). The van der Waals surface area contributed by atoms with Crippen molar-refractivity contribution in [3.63, 3.8) is 0 Å². The van der Waals surface area contributed by atoms with Gasteiger partial charge in [0.2, 0.25) is 0 Å². The molecule has 0 spiro atoms. The molecular formula is C11H14BrN5S. The third kappa shape index (κ3) is 3.41. The number of anilines is 3. The van der Waals surface area contributed by atoms with Gasteiger partial charge in [-0.2, -0.15) is 0 Å². The van der Waals surface area contributed by atoms with Gasteiger partial charge in [0, 0.05) is 36.1 Å². The van der Waals surface area contributed by atoms with Gasteiger partial charge >= 0.3 is 0 Å². The van der Waals surface area contributed by atoms with Crippen LogP contribution in [0, 0.1) is 0 Å². The van der Waals surface area contributed by atoms with Gasteiger partial charge in [-0.25, -0.2) is 9.97 Å². The Balaban J connectivity index is 2.12. The first-order valence-corrected chi connectivity index (χ1v) is 7.10. The summed E-state index contributed by atoms with van der Waals surface area (Å²) in [6, 6.07) is 3.92. The minimum atomic E-state index is 0.598. The average Bonchev–Trinajstić information content (AvgIpc) is 2.75. The molecule has 0 atom stereocenters. The summed E-state index contributed by atoms with van der Waals surface area (Å²) in [7, 11) is 1.96. The minimum absolute atomic E-state index is 0.598. The molecule has 0 aliphatic heterocycles. The van der Waals surface area contributed by atoms with E-state index >= 15 is 0 Å². The lowest BCUT2D eigenvalue weighted by Crippen LogP contribution is -2.25. The van der Waals surface area contributed by atoms with Crippen LogP contribution in [0.4, 0.5) is 16.6 Å². The van der Waals surface area contributed by atoms with Crippen molar-refractivity contribution in [2.45, 2.75) is 0 Å². The second kappa shape index (κ2) is 6.12. The van der Waals surface area contributed by atoms with Crippen molar-refractivity contribution in [2.75, 3.05) is 30.4 Å². The fourth-order valence-corrected chi connectivity index (χ4v) is 2.76.